The van der Waals surface area contributed by atoms with E-state index in [0.29, 0.717) is 0 Å². The molecular weight excluding hydrogens is 340 g/mol. The van der Waals surface area contributed by atoms with Crippen LogP contribution >= 0.6 is 0 Å². The van der Waals surface area contributed by atoms with Crippen LogP contribution in [0.25, 0.3) is 0 Å². The number of carbonyl (C=O) groups is 2. The SMILES string of the molecule is CONC(=O)[C@@H](NC(=O)OCc1ccccc1)[C@H](C)CS(=O)(=O)O. The van der Waals surface area contributed by atoms with Gasteiger partial charge in [0.25, 0.3) is 16.0 Å². The smallest absolute Gasteiger partial charge is 0.408 e. The Morgan fingerprint density at radius 2 is 1.88 bits per heavy atom. The molecule has 0 aliphatic rings. The van der Waals surface area contributed by atoms with Gasteiger partial charge in [-0.2, -0.15) is 8.42 Å². The van der Waals surface area contributed by atoms with Crippen LogP contribution in [0.4, 0.5) is 4.79 Å². The second-order valence-corrected chi connectivity index (χ2v) is 6.58. The van der Waals surface area contributed by atoms with Crippen LogP contribution in [0.3, 0.4) is 0 Å². The fraction of sp³-hybridized carbons (Fsp3) is 0.429. The lowest BCUT2D eigenvalue weighted by Crippen LogP contribution is -2.51. The Hall–Kier alpha value is -2.17. The number of ether oxygens (including phenoxy) is 1. The van der Waals surface area contributed by atoms with E-state index < -0.39 is 39.8 Å². The third kappa shape index (κ3) is 7.40. The molecule has 0 aliphatic carbocycles. The minimum atomic E-state index is -4.32. The molecular formula is C14H20N2O7S. The highest BCUT2D eigenvalue weighted by Gasteiger charge is 2.30. The van der Waals surface area contributed by atoms with Gasteiger partial charge in [0.05, 0.1) is 12.9 Å². The first-order chi connectivity index (χ1) is 11.2. The van der Waals surface area contributed by atoms with Gasteiger partial charge in [0, 0.05) is 5.92 Å². The Morgan fingerprint density at radius 1 is 1.25 bits per heavy atom. The summed E-state index contributed by atoms with van der Waals surface area (Å²) in [4.78, 5) is 28.2. The van der Waals surface area contributed by atoms with Crippen molar-refractivity contribution in [1.82, 2.24) is 10.8 Å². The predicted octanol–water partition coefficient (Wildman–Crippen LogP) is 0.483. The minimum Gasteiger partial charge on any atom is -0.445 e. The summed E-state index contributed by atoms with van der Waals surface area (Å²) in [6.07, 6.45) is -0.905. The van der Waals surface area contributed by atoms with E-state index in [1.807, 2.05) is 11.5 Å². The standard InChI is InChI=1S/C14H20N2O7S/c1-10(9-24(19,20)21)12(13(17)16-22-2)15-14(18)23-8-11-6-4-3-5-7-11/h3-7,10,12H,8-9H2,1-2H3,(H,15,18)(H,16,17)(H,19,20,21)/t10-,12+/m1/s1. The number of alkyl carbamates (subject to hydrolysis) is 1. The van der Waals surface area contributed by atoms with Crippen molar-refractivity contribution in [2.24, 2.45) is 5.92 Å². The predicted molar refractivity (Wildman–Crippen MR) is 84.3 cm³/mol. The number of nitrogens with one attached hydrogen (secondary N) is 2. The van der Waals surface area contributed by atoms with Crippen molar-refractivity contribution >= 4 is 22.1 Å². The lowest BCUT2D eigenvalue weighted by atomic mass is 10.0. The van der Waals surface area contributed by atoms with E-state index in [-0.39, 0.29) is 6.61 Å². The van der Waals surface area contributed by atoms with Crippen molar-refractivity contribution in [2.75, 3.05) is 12.9 Å². The zero-order chi connectivity index (χ0) is 18.2. The number of hydrogen-bond acceptors (Lipinski definition) is 6. The van der Waals surface area contributed by atoms with Gasteiger partial charge in [-0.1, -0.05) is 37.3 Å². The van der Waals surface area contributed by atoms with Gasteiger partial charge in [0.15, 0.2) is 0 Å². The molecule has 2 amide bonds. The van der Waals surface area contributed by atoms with Crippen LogP contribution in [-0.4, -0.2) is 43.9 Å². The maximum absolute atomic E-state index is 11.9. The highest BCUT2D eigenvalue weighted by atomic mass is 32.2. The molecule has 0 aromatic heterocycles. The van der Waals surface area contributed by atoms with Crippen LogP contribution in [0.5, 0.6) is 0 Å². The van der Waals surface area contributed by atoms with Crippen molar-refractivity contribution in [3.8, 4) is 0 Å². The molecule has 0 bridgehead atoms. The molecule has 0 fully saturated rings. The second kappa shape index (κ2) is 9.21. The molecule has 134 valence electrons. The third-order valence-electron chi connectivity index (χ3n) is 3.01. The summed E-state index contributed by atoms with van der Waals surface area (Å²) in [7, 11) is -3.13. The molecule has 10 heteroatoms. The molecule has 1 rings (SSSR count). The Labute approximate surface area is 140 Å². The number of hydroxylamine groups is 1. The van der Waals surface area contributed by atoms with E-state index in [9.17, 15) is 18.0 Å². The summed E-state index contributed by atoms with van der Waals surface area (Å²) in [5.41, 5.74) is 2.75. The number of benzene rings is 1. The lowest BCUT2D eigenvalue weighted by Gasteiger charge is -2.22. The number of hydrogen-bond donors (Lipinski definition) is 3. The zero-order valence-electron chi connectivity index (χ0n) is 13.3. The average molecular weight is 360 g/mol. The van der Waals surface area contributed by atoms with Gasteiger partial charge in [-0.05, 0) is 5.56 Å². The summed E-state index contributed by atoms with van der Waals surface area (Å²) in [5, 5.41) is 2.27. The first-order valence-electron chi connectivity index (χ1n) is 6.98. The summed E-state index contributed by atoms with van der Waals surface area (Å²) < 4.78 is 35.8. The molecule has 2 atom stereocenters. The summed E-state index contributed by atoms with van der Waals surface area (Å²) in [6, 6.07) is 7.60. The minimum absolute atomic E-state index is 0.0159. The Kier molecular flexibility index (Phi) is 7.62. The van der Waals surface area contributed by atoms with Gasteiger partial charge in [0.2, 0.25) is 0 Å². The summed E-state index contributed by atoms with van der Waals surface area (Å²) in [6.45, 7) is 1.36. The normalized spacial score (nSPS) is 13.6. The van der Waals surface area contributed by atoms with Crippen LogP contribution in [0.15, 0.2) is 30.3 Å². The highest BCUT2D eigenvalue weighted by Crippen LogP contribution is 2.08. The van der Waals surface area contributed by atoms with Crippen LogP contribution in [0, 0.1) is 5.92 Å². The van der Waals surface area contributed by atoms with Crippen LogP contribution in [-0.2, 0) is 31.1 Å². The van der Waals surface area contributed by atoms with Gasteiger partial charge < -0.3 is 10.1 Å². The van der Waals surface area contributed by atoms with Crippen LogP contribution in [0.2, 0.25) is 0 Å². The number of carbonyl (C=O) groups excluding carboxylic acids is 2. The molecule has 0 saturated heterocycles. The first-order valence-corrected chi connectivity index (χ1v) is 8.59. The van der Waals surface area contributed by atoms with Crippen molar-refractivity contribution in [3.05, 3.63) is 35.9 Å². The van der Waals surface area contributed by atoms with E-state index in [1.54, 1.807) is 24.3 Å². The highest BCUT2D eigenvalue weighted by molar-refractivity contribution is 7.85. The topological polar surface area (TPSA) is 131 Å². The van der Waals surface area contributed by atoms with Gasteiger partial charge in [0.1, 0.15) is 12.6 Å². The van der Waals surface area contributed by atoms with Crippen molar-refractivity contribution in [2.45, 2.75) is 19.6 Å². The van der Waals surface area contributed by atoms with Crippen molar-refractivity contribution in [3.63, 3.8) is 0 Å². The fourth-order valence-electron chi connectivity index (χ4n) is 1.95. The molecule has 0 unspecified atom stereocenters. The molecule has 0 heterocycles. The largest absolute Gasteiger partial charge is 0.445 e. The molecule has 3 N–H and O–H groups in total. The molecule has 1 aromatic carbocycles. The Morgan fingerprint density at radius 3 is 2.42 bits per heavy atom. The van der Waals surface area contributed by atoms with Crippen molar-refractivity contribution in [1.29, 1.82) is 0 Å². The maximum atomic E-state index is 11.9. The quantitative estimate of drug-likeness (QED) is 0.454. The molecule has 0 radical (unpaired) electrons. The van der Waals surface area contributed by atoms with Crippen LogP contribution < -0.4 is 10.8 Å². The van der Waals surface area contributed by atoms with Gasteiger partial charge in [-0.3, -0.25) is 14.2 Å². The molecule has 0 aliphatic heterocycles. The monoisotopic (exact) mass is 360 g/mol. The van der Waals surface area contributed by atoms with Crippen molar-refractivity contribution < 1.29 is 32.1 Å². The number of rotatable bonds is 8. The Balaban J connectivity index is 2.69. The molecule has 24 heavy (non-hydrogen) atoms. The van der Waals surface area contributed by atoms with E-state index in [1.165, 1.54) is 14.0 Å². The second-order valence-electron chi connectivity index (χ2n) is 5.08. The fourth-order valence-corrected chi connectivity index (χ4v) is 2.81. The van der Waals surface area contributed by atoms with E-state index >= 15 is 0 Å². The average Bonchev–Trinajstić information content (AvgIpc) is 2.50. The van der Waals surface area contributed by atoms with E-state index in [4.69, 9.17) is 9.29 Å². The van der Waals surface area contributed by atoms with Gasteiger partial charge in [-0.25, -0.2) is 10.3 Å². The zero-order valence-corrected chi connectivity index (χ0v) is 14.1. The summed E-state index contributed by atoms with van der Waals surface area (Å²) >= 11 is 0. The van der Waals surface area contributed by atoms with Gasteiger partial charge in [-0.15, -0.1) is 0 Å². The van der Waals surface area contributed by atoms with E-state index in [2.05, 4.69) is 10.2 Å². The summed E-state index contributed by atoms with van der Waals surface area (Å²) in [5.74, 6) is -2.40. The van der Waals surface area contributed by atoms with E-state index in [0.717, 1.165) is 5.56 Å². The number of amides is 2. The first kappa shape index (κ1) is 19.9. The maximum Gasteiger partial charge on any atom is 0.408 e. The third-order valence-corrected chi connectivity index (χ3v) is 3.96. The van der Waals surface area contributed by atoms with Crippen LogP contribution in [0.1, 0.15) is 12.5 Å². The van der Waals surface area contributed by atoms with Gasteiger partial charge >= 0.3 is 6.09 Å². The molecule has 0 spiro atoms. The lowest BCUT2D eigenvalue weighted by molar-refractivity contribution is -0.134. The Bertz CT molecular complexity index is 648. The molecule has 0 saturated carbocycles. The molecule has 9 nitrogen and oxygen atoms in total. The molecule has 1 aromatic rings.